The second-order valence-corrected chi connectivity index (χ2v) is 6.59. The van der Waals surface area contributed by atoms with Crippen molar-refractivity contribution in [1.82, 2.24) is 30.3 Å². The molecule has 0 radical (unpaired) electrons. The van der Waals surface area contributed by atoms with Gasteiger partial charge in [0.2, 0.25) is 5.91 Å². The maximum atomic E-state index is 11.8. The van der Waals surface area contributed by atoms with E-state index in [4.69, 9.17) is 0 Å². The van der Waals surface area contributed by atoms with E-state index in [1.807, 2.05) is 4.68 Å². The first-order valence-electron chi connectivity index (χ1n) is 9.21. The van der Waals surface area contributed by atoms with Gasteiger partial charge in [0, 0.05) is 39.5 Å². The lowest BCUT2D eigenvalue weighted by Crippen LogP contribution is -2.47. The van der Waals surface area contributed by atoms with Crippen molar-refractivity contribution in [3.63, 3.8) is 0 Å². The standard InChI is InChI=1S/C17H31N7O/c1-5-7-10-18-17(19-11-16(25)23(3)4)20-13-8-9-15-21-14(6-2)22-24(15)12-13/h13H,5-12H2,1-4H3,(H2,18,19,20). The molecule has 0 saturated carbocycles. The summed E-state index contributed by atoms with van der Waals surface area (Å²) in [6, 6.07) is 0.237. The van der Waals surface area contributed by atoms with Crippen LogP contribution in [0.3, 0.4) is 0 Å². The predicted octanol–water partition coefficient (Wildman–Crippen LogP) is 0.579. The maximum absolute atomic E-state index is 11.8. The molecule has 0 spiro atoms. The van der Waals surface area contributed by atoms with E-state index in [9.17, 15) is 4.79 Å². The summed E-state index contributed by atoms with van der Waals surface area (Å²) in [5.74, 6) is 2.66. The molecule has 2 rings (SSSR count). The lowest BCUT2D eigenvalue weighted by atomic mass is 10.1. The highest BCUT2D eigenvalue weighted by Gasteiger charge is 2.22. The van der Waals surface area contributed by atoms with Gasteiger partial charge < -0.3 is 15.5 Å². The first-order valence-corrected chi connectivity index (χ1v) is 9.21. The average molecular weight is 349 g/mol. The Morgan fingerprint density at radius 3 is 2.88 bits per heavy atom. The molecule has 0 bridgehead atoms. The largest absolute Gasteiger partial charge is 0.356 e. The number of hydrogen-bond acceptors (Lipinski definition) is 4. The molecule has 1 aromatic heterocycles. The van der Waals surface area contributed by atoms with Gasteiger partial charge in [-0.15, -0.1) is 0 Å². The van der Waals surface area contributed by atoms with E-state index in [1.54, 1.807) is 19.0 Å². The lowest BCUT2D eigenvalue weighted by molar-refractivity contribution is -0.127. The number of likely N-dealkylation sites (N-methyl/N-ethyl adjacent to an activating group) is 1. The highest BCUT2D eigenvalue weighted by atomic mass is 16.2. The van der Waals surface area contributed by atoms with Crippen LogP contribution in [0, 0.1) is 0 Å². The number of amides is 1. The third-order valence-electron chi connectivity index (χ3n) is 4.25. The van der Waals surface area contributed by atoms with Gasteiger partial charge in [-0.3, -0.25) is 4.79 Å². The Kier molecular flexibility index (Phi) is 7.21. The monoisotopic (exact) mass is 349 g/mol. The van der Waals surface area contributed by atoms with Crippen LogP contribution in [0.25, 0.3) is 0 Å². The second kappa shape index (κ2) is 9.39. The number of nitrogens with zero attached hydrogens (tertiary/aromatic N) is 5. The average Bonchev–Trinajstić information content (AvgIpc) is 3.01. The molecule has 0 aliphatic carbocycles. The lowest BCUT2D eigenvalue weighted by Gasteiger charge is -2.25. The van der Waals surface area contributed by atoms with Gasteiger partial charge >= 0.3 is 0 Å². The van der Waals surface area contributed by atoms with Crippen LogP contribution in [0.2, 0.25) is 0 Å². The minimum Gasteiger partial charge on any atom is -0.356 e. The summed E-state index contributed by atoms with van der Waals surface area (Å²) >= 11 is 0. The molecule has 2 heterocycles. The summed E-state index contributed by atoms with van der Waals surface area (Å²) in [6.45, 7) is 6.00. The molecule has 1 unspecified atom stereocenters. The summed E-state index contributed by atoms with van der Waals surface area (Å²) in [4.78, 5) is 22.4. The van der Waals surface area contributed by atoms with Crippen LogP contribution in [-0.4, -0.2) is 64.8 Å². The number of hydrogen-bond donors (Lipinski definition) is 2. The van der Waals surface area contributed by atoms with Crippen LogP contribution in [0.5, 0.6) is 0 Å². The zero-order valence-corrected chi connectivity index (χ0v) is 15.9. The molecule has 0 fully saturated rings. The maximum Gasteiger partial charge on any atom is 0.243 e. The summed E-state index contributed by atoms with van der Waals surface area (Å²) in [5.41, 5.74) is 0. The van der Waals surface area contributed by atoms with Crippen molar-refractivity contribution in [3.8, 4) is 0 Å². The van der Waals surface area contributed by atoms with Crippen molar-refractivity contribution in [1.29, 1.82) is 0 Å². The van der Waals surface area contributed by atoms with E-state index in [0.29, 0.717) is 5.96 Å². The number of guanidine groups is 1. The normalized spacial score (nSPS) is 17.1. The second-order valence-electron chi connectivity index (χ2n) is 6.59. The summed E-state index contributed by atoms with van der Waals surface area (Å²) < 4.78 is 1.99. The quantitative estimate of drug-likeness (QED) is 0.427. The first-order chi connectivity index (χ1) is 12.0. The van der Waals surface area contributed by atoms with Gasteiger partial charge in [0.15, 0.2) is 11.8 Å². The molecular weight excluding hydrogens is 318 g/mol. The van der Waals surface area contributed by atoms with Gasteiger partial charge in [-0.05, 0) is 12.8 Å². The molecule has 1 aliphatic heterocycles. The Morgan fingerprint density at radius 2 is 2.20 bits per heavy atom. The van der Waals surface area contributed by atoms with Crippen molar-refractivity contribution >= 4 is 11.9 Å². The third kappa shape index (κ3) is 5.72. The van der Waals surface area contributed by atoms with Crippen LogP contribution in [0.4, 0.5) is 0 Å². The van der Waals surface area contributed by atoms with Gasteiger partial charge in [-0.25, -0.2) is 14.7 Å². The minimum absolute atomic E-state index is 0.00798. The van der Waals surface area contributed by atoms with E-state index < -0.39 is 0 Å². The van der Waals surface area contributed by atoms with Crippen LogP contribution in [-0.2, 0) is 24.2 Å². The van der Waals surface area contributed by atoms with Crippen LogP contribution >= 0.6 is 0 Å². The zero-order valence-electron chi connectivity index (χ0n) is 15.9. The summed E-state index contributed by atoms with van der Waals surface area (Å²) in [5, 5.41) is 11.3. The Hall–Kier alpha value is -2.12. The van der Waals surface area contributed by atoms with E-state index in [0.717, 1.165) is 56.8 Å². The Bertz CT molecular complexity index is 594. The highest BCUT2D eigenvalue weighted by molar-refractivity contribution is 5.84. The van der Waals surface area contributed by atoms with E-state index in [-0.39, 0.29) is 18.5 Å². The topological polar surface area (TPSA) is 87.4 Å². The van der Waals surface area contributed by atoms with Gasteiger partial charge in [-0.1, -0.05) is 20.3 Å². The molecule has 25 heavy (non-hydrogen) atoms. The fourth-order valence-electron chi connectivity index (χ4n) is 2.65. The van der Waals surface area contributed by atoms with Gasteiger partial charge in [0.05, 0.1) is 6.54 Å². The zero-order chi connectivity index (χ0) is 18.2. The number of carbonyl (C=O) groups excluding carboxylic acids is 1. The SMILES string of the molecule is CCCCNC(=NCC(=O)N(C)C)NC1CCc2nc(CC)nn2C1. The fourth-order valence-corrected chi connectivity index (χ4v) is 2.65. The number of carbonyl (C=O) groups is 1. The van der Waals surface area contributed by atoms with Crippen LogP contribution in [0.15, 0.2) is 4.99 Å². The number of aromatic nitrogens is 3. The molecule has 8 heteroatoms. The highest BCUT2D eigenvalue weighted by Crippen LogP contribution is 2.13. The first kappa shape index (κ1) is 19.2. The molecule has 1 aromatic rings. The fraction of sp³-hybridized carbons (Fsp3) is 0.765. The number of aryl methyl sites for hydroxylation is 2. The van der Waals surface area contributed by atoms with Gasteiger partial charge in [0.1, 0.15) is 12.4 Å². The van der Waals surface area contributed by atoms with E-state index >= 15 is 0 Å². The molecule has 0 aromatic carbocycles. The number of aliphatic imine (C=N–C) groups is 1. The van der Waals surface area contributed by atoms with Crippen molar-refractivity contribution in [2.24, 2.45) is 4.99 Å². The molecule has 8 nitrogen and oxygen atoms in total. The van der Waals surface area contributed by atoms with Crippen molar-refractivity contribution < 1.29 is 4.79 Å². The molecule has 1 atom stereocenters. The smallest absolute Gasteiger partial charge is 0.243 e. The Morgan fingerprint density at radius 1 is 1.40 bits per heavy atom. The van der Waals surface area contributed by atoms with Crippen molar-refractivity contribution in [2.75, 3.05) is 27.2 Å². The molecule has 0 saturated heterocycles. The molecule has 140 valence electrons. The molecule has 1 aliphatic rings. The number of fused-ring (bicyclic) bond motifs is 1. The minimum atomic E-state index is -0.00798. The van der Waals surface area contributed by atoms with Gasteiger partial charge in [0.25, 0.3) is 0 Å². The van der Waals surface area contributed by atoms with E-state index in [2.05, 4.69) is 39.6 Å². The molecule has 2 N–H and O–H groups in total. The van der Waals surface area contributed by atoms with Crippen LogP contribution in [0.1, 0.15) is 44.8 Å². The van der Waals surface area contributed by atoms with Crippen molar-refractivity contribution in [2.45, 2.75) is 58.5 Å². The Balaban J connectivity index is 1.97. The summed E-state index contributed by atoms with van der Waals surface area (Å²) in [6.07, 6.45) is 4.93. The van der Waals surface area contributed by atoms with Gasteiger partial charge in [-0.2, -0.15) is 5.10 Å². The number of rotatable bonds is 7. The van der Waals surface area contributed by atoms with Crippen LogP contribution < -0.4 is 10.6 Å². The predicted molar refractivity (Wildman–Crippen MR) is 98.6 cm³/mol. The molecular formula is C17H31N7O. The summed E-state index contributed by atoms with van der Waals surface area (Å²) in [7, 11) is 3.49. The van der Waals surface area contributed by atoms with E-state index in [1.165, 1.54) is 0 Å². The van der Waals surface area contributed by atoms with Crippen molar-refractivity contribution in [3.05, 3.63) is 11.6 Å². The molecule has 1 amide bonds. The third-order valence-corrected chi connectivity index (χ3v) is 4.25. The number of nitrogens with one attached hydrogen (secondary N) is 2. The number of unbranched alkanes of at least 4 members (excludes halogenated alkanes) is 1. The Labute approximate surface area is 150 Å².